The van der Waals surface area contributed by atoms with E-state index in [1.807, 2.05) is 20.2 Å². The summed E-state index contributed by atoms with van der Waals surface area (Å²) in [7, 11) is 3.65. The number of hydrogen-bond donors (Lipinski definition) is 1. The van der Waals surface area contributed by atoms with Crippen molar-refractivity contribution in [2.75, 3.05) is 32.1 Å². The Morgan fingerprint density at radius 1 is 1.27 bits per heavy atom. The van der Waals surface area contributed by atoms with Gasteiger partial charge in [-0.15, -0.1) is 0 Å². The Kier molecular flexibility index (Phi) is 4.83. The zero-order valence-electron chi connectivity index (χ0n) is 15.0. The van der Waals surface area contributed by atoms with Crippen molar-refractivity contribution < 1.29 is 14.7 Å². The molecule has 1 N–H and O–H groups in total. The molecule has 1 aliphatic heterocycles. The van der Waals surface area contributed by atoms with E-state index < -0.39 is 11.9 Å². The van der Waals surface area contributed by atoms with Crippen LogP contribution < -0.4 is 4.90 Å². The van der Waals surface area contributed by atoms with E-state index in [-0.39, 0.29) is 18.4 Å². The van der Waals surface area contributed by atoms with Gasteiger partial charge in [0.05, 0.1) is 17.2 Å². The van der Waals surface area contributed by atoms with Crippen LogP contribution in [-0.4, -0.2) is 64.0 Å². The minimum atomic E-state index is -0.912. The first-order valence-corrected chi connectivity index (χ1v) is 8.31. The first-order chi connectivity index (χ1) is 12.4. The van der Waals surface area contributed by atoms with Crippen molar-refractivity contribution >= 4 is 17.8 Å². The lowest BCUT2D eigenvalue weighted by Crippen LogP contribution is -2.31. The molecule has 0 unspecified atom stereocenters. The van der Waals surface area contributed by atoms with Crippen molar-refractivity contribution in [2.45, 2.75) is 12.8 Å². The smallest absolute Gasteiger partial charge is 0.308 e. The van der Waals surface area contributed by atoms with Gasteiger partial charge in [0.15, 0.2) is 0 Å². The maximum absolute atomic E-state index is 12.9. The van der Waals surface area contributed by atoms with E-state index in [2.05, 4.69) is 15.0 Å². The second kappa shape index (κ2) is 7.07. The van der Waals surface area contributed by atoms with Crippen molar-refractivity contribution in [3.63, 3.8) is 0 Å². The topological polar surface area (TPSA) is 99.5 Å². The number of pyridine rings is 1. The summed E-state index contributed by atoms with van der Waals surface area (Å²) in [6, 6.07) is 3.62. The van der Waals surface area contributed by atoms with Gasteiger partial charge >= 0.3 is 5.97 Å². The number of aryl methyl sites for hydroxylation is 1. The van der Waals surface area contributed by atoms with Gasteiger partial charge in [0, 0.05) is 51.7 Å². The number of rotatable bonds is 4. The molecule has 8 heteroatoms. The fraction of sp³-hybridized carbons (Fsp3) is 0.389. The molecular weight excluding hydrogens is 334 g/mol. The normalized spacial score (nSPS) is 19.4. The highest BCUT2D eigenvalue weighted by Crippen LogP contribution is 2.33. The van der Waals surface area contributed by atoms with Crippen molar-refractivity contribution in [1.82, 2.24) is 19.9 Å². The van der Waals surface area contributed by atoms with Gasteiger partial charge in [-0.05, 0) is 18.6 Å². The minimum absolute atomic E-state index is 0.155. The Labute approximate surface area is 151 Å². The number of hydrogen-bond acceptors (Lipinski definition) is 6. The number of likely N-dealkylation sites (tertiary alicyclic amines) is 1. The highest BCUT2D eigenvalue weighted by atomic mass is 16.4. The molecule has 0 aliphatic carbocycles. The van der Waals surface area contributed by atoms with Crippen LogP contribution in [0.3, 0.4) is 0 Å². The predicted octanol–water partition coefficient (Wildman–Crippen LogP) is 1.19. The van der Waals surface area contributed by atoms with E-state index in [0.29, 0.717) is 23.8 Å². The van der Waals surface area contributed by atoms with E-state index in [9.17, 15) is 14.7 Å². The van der Waals surface area contributed by atoms with Gasteiger partial charge in [-0.1, -0.05) is 6.07 Å². The van der Waals surface area contributed by atoms with E-state index in [0.717, 1.165) is 5.56 Å². The molecule has 0 spiro atoms. The summed E-state index contributed by atoms with van der Waals surface area (Å²) in [6.45, 7) is 2.24. The molecule has 0 saturated carbocycles. The van der Waals surface area contributed by atoms with Crippen molar-refractivity contribution in [3.8, 4) is 0 Å². The standard InChI is InChI=1S/C18H21N5O3/c1-11-13(8-20-18(21-11)22(2)3)16(24)23-9-14(15(10-23)17(25)26)12-5-4-6-19-7-12/h4-8,14-15H,9-10H2,1-3H3,(H,25,26)/t14-,15+/m1/s1. The van der Waals surface area contributed by atoms with Gasteiger partial charge in [0.2, 0.25) is 5.95 Å². The van der Waals surface area contributed by atoms with E-state index in [1.165, 1.54) is 6.20 Å². The zero-order valence-corrected chi connectivity index (χ0v) is 15.0. The molecule has 0 bridgehead atoms. The molecule has 1 fully saturated rings. The Bertz CT molecular complexity index is 825. The number of nitrogens with zero attached hydrogens (tertiary/aromatic N) is 5. The first kappa shape index (κ1) is 17.8. The Morgan fingerprint density at radius 3 is 2.62 bits per heavy atom. The van der Waals surface area contributed by atoms with E-state index in [1.54, 1.807) is 35.2 Å². The average Bonchev–Trinajstić information content (AvgIpc) is 3.07. The largest absolute Gasteiger partial charge is 0.481 e. The second-order valence-corrected chi connectivity index (χ2v) is 6.61. The van der Waals surface area contributed by atoms with Crippen LogP contribution in [0, 0.1) is 12.8 Å². The molecular formula is C18H21N5O3. The number of aliphatic carboxylic acids is 1. The molecule has 26 heavy (non-hydrogen) atoms. The van der Waals surface area contributed by atoms with Gasteiger partial charge in [-0.3, -0.25) is 14.6 Å². The van der Waals surface area contributed by atoms with E-state index in [4.69, 9.17) is 0 Å². The number of anilines is 1. The summed E-state index contributed by atoms with van der Waals surface area (Å²) in [4.78, 5) is 40.5. The van der Waals surface area contributed by atoms with Gasteiger partial charge in [0.25, 0.3) is 5.91 Å². The van der Waals surface area contributed by atoms with Gasteiger partial charge in [0.1, 0.15) is 0 Å². The molecule has 2 aromatic rings. The molecule has 8 nitrogen and oxygen atoms in total. The first-order valence-electron chi connectivity index (χ1n) is 8.31. The summed E-state index contributed by atoms with van der Waals surface area (Å²) in [6.07, 6.45) is 4.81. The predicted molar refractivity (Wildman–Crippen MR) is 95.1 cm³/mol. The maximum atomic E-state index is 12.9. The zero-order chi connectivity index (χ0) is 18.8. The molecule has 0 aromatic carbocycles. The number of aromatic nitrogens is 3. The van der Waals surface area contributed by atoms with E-state index >= 15 is 0 Å². The summed E-state index contributed by atoms with van der Waals surface area (Å²) in [5, 5.41) is 9.58. The maximum Gasteiger partial charge on any atom is 0.308 e. The molecule has 3 rings (SSSR count). The average molecular weight is 355 g/mol. The summed E-state index contributed by atoms with van der Waals surface area (Å²) >= 11 is 0. The Morgan fingerprint density at radius 2 is 2.04 bits per heavy atom. The summed E-state index contributed by atoms with van der Waals surface area (Å²) in [5.74, 6) is -1.58. The highest BCUT2D eigenvalue weighted by Gasteiger charge is 2.41. The minimum Gasteiger partial charge on any atom is -0.481 e. The number of carboxylic acid groups (broad SMARTS) is 1. The number of carbonyl (C=O) groups is 2. The van der Waals surface area contributed by atoms with Crippen LogP contribution >= 0.6 is 0 Å². The fourth-order valence-electron chi connectivity index (χ4n) is 3.20. The van der Waals surface area contributed by atoms with Gasteiger partial charge in [-0.2, -0.15) is 0 Å². The van der Waals surface area contributed by atoms with Crippen LogP contribution in [-0.2, 0) is 4.79 Å². The third-order valence-corrected chi connectivity index (χ3v) is 4.63. The Hall–Kier alpha value is -3.03. The lowest BCUT2D eigenvalue weighted by Gasteiger charge is -2.18. The molecule has 136 valence electrons. The Balaban J connectivity index is 1.86. The van der Waals surface area contributed by atoms with Crippen LogP contribution in [0.5, 0.6) is 0 Å². The molecule has 1 saturated heterocycles. The van der Waals surface area contributed by atoms with Crippen molar-refractivity contribution in [1.29, 1.82) is 0 Å². The SMILES string of the molecule is Cc1nc(N(C)C)ncc1C(=O)N1C[C@H](C(=O)O)[C@@H](c2cccnc2)C1. The molecule has 3 heterocycles. The lowest BCUT2D eigenvalue weighted by atomic mass is 9.90. The lowest BCUT2D eigenvalue weighted by molar-refractivity contribution is -0.141. The monoisotopic (exact) mass is 355 g/mol. The van der Waals surface area contributed by atoms with Crippen LogP contribution in [0.1, 0.15) is 27.5 Å². The summed E-state index contributed by atoms with van der Waals surface area (Å²) < 4.78 is 0. The van der Waals surface area contributed by atoms with Crippen LogP contribution in [0.2, 0.25) is 0 Å². The van der Waals surface area contributed by atoms with Crippen LogP contribution in [0.15, 0.2) is 30.7 Å². The molecule has 1 aliphatic rings. The third kappa shape index (κ3) is 3.35. The van der Waals surface area contributed by atoms with Crippen molar-refractivity contribution in [3.05, 3.63) is 47.5 Å². The number of carbonyl (C=O) groups excluding carboxylic acids is 1. The molecule has 2 aromatic heterocycles. The van der Waals surface area contributed by atoms with Gasteiger partial charge in [-0.25, -0.2) is 9.97 Å². The third-order valence-electron chi connectivity index (χ3n) is 4.63. The van der Waals surface area contributed by atoms with Crippen LogP contribution in [0.25, 0.3) is 0 Å². The highest BCUT2D eigenvalue weighted by molar-refractivity contribution is 5.95. The van der Waals surface area contributed by atoms with Gasteiger partial charge < -0.3 is 14.9 Å². The quantitative estimate of drug-likeness (QED) is 0.879. The number of carboxylic acids is 1. The molecule has 1 amide bonds. The van der Waals surface area contributed by atoms with Crippen molar-refractivity contribution in [2.24, 2.45) is 5.92 Å². The fourth-order valence-corrected chi connectivity index (χ4v) is 3.20. The number of amides is 1. The molecule has 2 atom stereocenters. The van der Waals surface area contributed by atoms with Crippen LogP contribution in [0.4, 0.5) is 5.95 Å². The summed E-state index contributed by atoms with van der Waals surface area (Å²) in [5.41, 5.74) is 1.79. The molecule has 0 radical (unpaired) electrons. The second-order valence-electron chi connectivity index (χ2n) is 6.61.